The number of carbonyl (C=O) groups is 1. The Kier molecular flexibility index (Phi) is 8.92. The Hall–Kier alpha value is -4.89. The van der Waals surface area contributed by atoms with Crippen LogP contribution < -0.4 is 20.4 Å². The summed E-state index contributed by atoms with van der Waals surface area (Å²) in [7, 11) is 0. The molecule has 15 heteroatoms. The van der Waals surface area contributed by atoms with Crippen molar-refractivity contribution in [2.24, 2.45) is 0 Å². The lowest BCUT2D eigenvalue weighted by atomic mass is 9.84. The van der Waals surface area contributed by atoms with Gasteiger partial charge in [0.2, 0.25) is 0 Å². The van der Waals surface area contributed by atoms with Crippen LogP contribution in [0.1, 0.15) is 36.1 Å². The number of alkyl halides is 3. The van der Waals surface area contributed by atoms with Gasteiger partial charge in [-0.3, -0.25) is 0 Å². The Morgan fingerprint density at radius 2 is 1.60 bits per heavy atom. The second kappa shape index (κ2) is 13.1. The first-order valence-corrected chi connectivity index (χ1v) is 15.1. The molecule has 6 rings (SSSR count). The van der Waals surface area contributed by atoms with Crippen LogP contribution in [0.15, 0.2) is 77.3 Å². The highest BCUT2D eigenvalue weighted by Gasteiger charge is 2.43. The molecule has 0 bridgehead atoms. The van der Waals surface area contributed by atoms with Crippen LogP contribution in [0.2, 0.25) is 0 Å². The number of pyridine rings is 1. The van der Waals surface area contributed by atoms with Crippen LogP contribution in [0.25, 0.3) is 0 Å². The Bertz CT molecular complexity index is 1670. The third-order valence-electron chi connectivity index (χ3n) is 8.39. The second-order valence-electron chi connectivity index (χ2n) is 11.4. The predicted octanol–water partition coefficient (Wildman–Crippen LogP) is 5.17. The molecule has 0 saturated carbocycles. The van der Waals surface area contributed by atoms with E-state index in [4.69, 9.17) is 4.42 Å². The molecule has 0 aliphatic carbocycles. The third-order valence-corrected chi connectivity index (χ3v) is 8.39. The molecule has 0 radical (unpaired) electrons. The maximum atomic E-state index is 14.0. The number of halogens is 4. The largest absolute Gasteiger partial charge is 0.437 e. The number of oxazole rings is 1. The number of piperazine rings is 1. The van der Waals surface area contributed by atoms with Gasteiger partial charge in [-0.2, -0.15) is 18.2 Å². The molecule has 2 fully saturated rings. The Labute approximate surface area is 267 Å². The number of aliphatic hydroxyl groups is 2. The minimum atomic E-state index is -4.89. The Balaban J connectivity index is 1.06. The molecule has 47 heavy (non-hydrogen) atoms. The van der Waals surface area contributed by atoms with Gasteiger partial charge in [0.15, 0.2) is 17.7 Å². The summed E-state index contributed by atoms with van der Waals surface area (Å²) in [6.45, 7) is 2.00. The number of rotatable bonds is 7. The van der Waals surface area contributed by atoms with Crippen LogP contribution in [0.5, 0.6) is 0 Å². The topological polar surface area (TPSA) is 130 Å². The van der Waals surface area contributed by atoms with Crippen molar-refractivity contribution in [2.45, 2.75) is 30.8 Å². The van der Waals surface area contributed by atoms with Gasteiger partial charge >= 0.3 is 12.2 Å². The number of aliphatic hydroxyl groups excluding tert-OH is 1. The van der Waals surface area contributed by atoms with E-state index in [0.717, 1.165) is 5.56 Å². The first-order valence-electron chi connectivity index (χ1n) is 15.1. The second-order valence-corrected chi connectivity index (χ2v) is 11.4. The highest BCUT2D eigenvalue weighted by molar-refractivity contribution is 5.89. The summed E-state index contributed by atoms with van der Waals surface area (Å²) in [6.07, 6.45) is -4.90. The fourth-order valence-corrected chi connectivity index (χ4v) is 5.73. The number of amides is 2. The summed E-state index contributed by atoms with van der Waals surface area (Å²) in [5.41, 5.74) is -1.40. The molecule has 2 aromatic heterocycles. The maximum absolute atomic E-state index is 14.0. The van der Waals surface area contributed by atoms with E-state index in [1.54, 1.807) is 23.1 Å². The third kappa shape index (κ3) is 7.10. The number of hydrogen-bond acceptors (Lipinski definition) is 9. The Morgan fingerprint density at radius 3 is 2.23 bits per heavy atom. The molecule has 2 amide bonds. The van der Waals surface area contributed by atoms with Crippen molar-refractivity contribution in [3.8, 4) is 0 Å². The highest BCUT2D eigenvalue weighted by atomic mass is 19.4. The van der Waals surface area contributed by atoms with Gasteiger partial charge in [0, 0.05) is 39.3 Å². The lowest BCUT2D eigenvalue weighted by molar-refractivity contribution is -0.143. The monoisotopic (exact) mass is 655 g/mol. The molecule has 11 nitrogen and oxygen atoms in total. The van der Waals surface area contributed by atoms with Crippen molar-refractivity contribution >= 4 is 29.2 Å². The molecule has 1 atom stereocenters. The number of benzene rings is 2. The summed E-state index contributed by atoms with van der Waals surface area (Å²) >= 11 is 0. The van der Waals surface area contributed by atoms with Crippen LogP contribution in [0.3, 0.4) is 0 Å². The summed E-state index contributed by atoms with van der Waals surface area (Å²) in [5, 5.41) is 27.0. The summed E-state index contributed by atoms with van der Waals surface area (Å²) in [4.78, 5) is 25.6. The fourth-order valence-electron chi connectivity index (χ4n) is 5.73. The van der Waals surface area contributed by atoms with Crippen molar-refractivity contribution in [3.63, 3.8) is 0 Å². The van der Waals surface area contributed by atoms with Gasteiger partial charge < -0.3 is 40.0 Å². The van der Waals surface area contributed by atoms with Crippen LogP contribution in [0.4, 0.5) is 45.6 Å². The van der Waals surface area contributed by atoms with Crippen molar-refractivity contribution < 1.29 is 37.0 Å². The first-order chi connectivity index (χ1) is 22.5. The van der Waals surface area contributed by atoms with Gasteiger partial charge in [-0.1, -0.05) is 42.5 Å². The summed E-state index contributed by atoms with van der Waals surface area (Å²) in [6, 6.07) is 17.5. The molecule has 1 unspecified atom stereocenters. The van der Waals surface area contributed by atoms with E-state index in [2.05, 4.69) is 20.6 Å². The van der Waals surface area contributed by atoms with Gasteiger partial charge in [0.05, 0.1) is 23.2 Å². The SMILES string of the molecule is O=C(Nc1ccccc1F)N1CCN(c2ccc(NC(O)c3oc(N4CCC(O)(c5ccccc5)CC4)nc3C(F)(F)F)cn2)CC1. The minimum Gasteiger partial charge on any atom is -0.423 e. The van der Waals surface area contributed by atoms with Crippen molar-refractivity contribution in [3.05, 3.63) is 95.8 Å². The maximum Gasteiger partial charge on any atom is 0.437 e. The van der Waals surface area contributed by atoms with Gasteiger partial charge in [0.1, 0.15) is 11.6 Å². The molecule has 4 N–H and O–H groups in total. The normalized spacial score (nSPS) is 17.4. The number of aromatic nitrogens is 2. The molecule has 2 aliphatic heterocycles. The number of piperidine rings is 1. The number of para-hydroxylation sites is 1. The number of hydrogen-bond donors (Lipinski definition) is 4. The summed E-state index contributed by atoms with van der Waals surface area (Å²) < 4.78 is 61.2. The lowest BCUT2D eigenvalue weighted by Crippen LogP contribution is -2.50. The number of nitrogens with zero attached hydrogens (tertiary/aromatic N) is 5. The standard InChI is InChI=1S/C32H33F4N7O4/c33-23-8-4-5-9-24(23)39-29(45)42-18-16-41(17-19-42)25-11-10-22(20-37-25)38-28(44)26-27(32(34,35)36)40-30(47-26)43-14-12-31(46,13-15-43)21-6-2-1-3-7-21/h1-11,20,28,38,44,46H,12-19H2,(H,39,45). The number of anilines is 4. The van der Waals surface area contributed by atoms with Crippen LogP contribution >= 0.6 is 0 Å². The zero-order chi connectivity index (χ0) is 33.2. The van der Waals surface area contributed by atoms with Gasteiger partial charge in [-0.15, -0.1) is 0 Å². The molecule has 0 spiro atoms. The average Bonchev–Trinajstić information content (AvgIpc) is 3.54. The van der Waals surface area contributed by atoms with E-state index in [9.17, 15) is 32.6 Å². The molecule has 4 aromatic rings. The zero-order valence-corrected chi connectivity index (χ0v) is 25.1. The van der Waals surface area contributed by atoms with E-state index in [1.165, 1.54) is 29.3 Å². The summed E-state index contributed by atoms with van der Waals surface area (Å²) in [5.74, 6) is -0.747. The highest BCUT2D eigenvalue weighted by Crippen LogP contribution is 2.39. The van der Waals surface area contributed by atoms with Crippen molar-refractivity contribution in [1.29, 1.82) is 0 Å². The van der Waals surface area contributed by atoms with Gasteiger partial charge in [-0.05, 0) is 42.7 Å². The molecule has 4 heterocycles. The smallest absolute Gasteiger partial charge is 0.423 e. The number of carbonyl (C=O) groups excluding carboxylic acids is 1. The van der Waals surface area contributed by atoms with Crippen molar-refractivity contribution in [1.82, 2.24) is 14.9 Å². The number of urea groups is 1. The average molecular weight is 656 g/mol. The van der Waals surface area contributed by atoms with Crippen LogP contribution in [-0.4, -0.2) is 70.4 Å². The quantitative estimate of drug-likeness (QED) is 0.157. The zero-order valence-electron chi connectivity index (χ0n) is 25.1. The molecular formula is C32H33F4N7O4. The van der Waals surface area contributed by atoms with E-state index >= 15 is 0 Å². The van der Waals surface area contributed by atoms with E-state index < -0.39 is 41.3 Å². The molecule has 2 aromatic carbocycles. The molecule has 2 saturated heterocycles. The van der Waals surface area contributed by atoms with Crippen molar-refractivity contribution in [2.75, 3.05) is 59.7 Å². The van der Waals surface area contributed by atoms with Gasteiger partial charge in [0.25, 0.3) is 6.01 Å². The van der Waals surface area contributed by atoms with Gasteiger partial charge in [-0.25, -0.2) is 14.2 Å². The molecule has 2 aliphatic rings. The molecule has 248 valence electrons. The van der Waals surface area contributed by atoms with E-state index in [1.807, 2.05) is 35.2 Å². The predicted molar refractivity (Wildman–Crippen MR) is 165 cm³/mol. The fraction of sp³-hybridized carbons (Fsp3) is 0.344. The molecular weight excluding hydrogens is 622 g/mol. The van der Waals surface area contributed by atoms with Crippen LogP contribution in [0, 0.1) is 5.82 Å². The minimum absolute atomic E-state index is 0.0962. The van der Waals surface area contributed by atoms with E-state index in [0.29, 0.717) is 32.0 Å². The van der Waals surface area contributed by atoms with Crippen LogP contribution in [-0.2, 0) is 11.8 Å². The Morgan fingerprint density at radius 1 is 0.915 bits per heavy atom. The first kappa shape index (κ1) is 32.1. The number of nitrogens with one attached hydrogen (secondary N) is 2. The van der Waals surface area contributed by atoms with E-state index in [-0.39, 0.29) is 43.3 Å². The lowest BCUT2D eigenvalue weighted by Gasteiger charge is -2.37.